The van der Waals surface area contributed by atoms with E-state index >= 15 is 0 Å². The Labute approximate surface area is 215 Å². The van der Waals surface area contributed by atoms with Crippen molar-refractivity contribution in [2.45, 2.75) is 199 Å². The van der Waals surface area contributed by atoms with Crippen molar-refractivity contribution in [2.24, 2.45) is 5.92 Å². The average Bonchev–Trinajstić information content (AvgIpc) is 2.84. The number of ketones is 1. The minimum atomic E-state index is 0. The van der Waals surface area contributed by atoms with Gasteiger partial charge in [0.25, 0.3) is 0 Å². The molecule has 208 valence electrons. The van der Waals surface area contributed by atoms with Crippen molar-refractivity contribution in [3.8, 4) is 0 Å². The highest BCUT2D eigenvalue weighted by molar-refractivity contribution is 5.74. The van der Waals surface area contributed by atoms with Crippen molar-refractivity contribution in [3.05, 3.63) is 0 Å². The summed E-state index contributed by atoms with van der Waals surface area (Å²) in [6, 6.07) is 0. The number of hydrogen-bond donors (Lipinski definition) is 0. The van der Waals surface area contributed by atoms with Gasteiger partial charge < -0.3 is 4.79 Å². The van der Waals surface area contributed by atoms with Crippen LogP contribution in [0.5, 0.6) is 0 Å². The minimum Gasteiger partial charge on any atom is -0.300 e. The zero-order valence-corrected chi connectivity index (χ0v) is 25.2. The van der Waals surface area contributed by atoms with Gasteiger partial charge >= 0.3 is 0 Å². The molecule has 0 N–H and O–H groups in total. The molecule has 1 heteroatoms. The fraction of sp³-hybridized carbons (Fsp3) is 0.969. The molecule has 33 heavy (non-hydrogen) atoms. The van der Waals surface area contributed by atoms with E-state index in [4.69, 9.17) is 0 Å². The van der Waals surface area contributed by atoms with E-state index < -0.39 is 0 Å². The van der Waals surface area contributed by atoms with Crippen LogP contribution in [0.25, 0.3) is 0 Å². The lowest BCUT2D eigenvalue weighted by atomic mass is 10.00. The number of unbranched alkanes of at least 4 members (excludes halogenated alkanes) is 13. The average molecular weight is 475 g/mol. The Hall–Kier alpha value is -0.330. The molecule has 0 amide bonds. The van der Waals surface area contributed by atoms with Crippen LogP contribution in [-0.2, 0) is 4.79 Å². The quantitative estimate of drug-likeness (QED) is 0.191. The first kappa shape index (κ1) is 46.1. The van der Waals surface area contributed by atoms with Gasteiger partial charge in [-0.25, -0.2) is 0 Å². The maximum Gasteiger partial charge on any atom is 0.129 e. The summed E-state index contributed by atoms with van der Waals surface area (Å²) < 4.78 is 0. The summed E-state index contributed by atoms with van der Waals surface area (Å²) >= 11 is 0. The molecule has 1 unspecified atom stereocenters. The summed E-state index contributed by atoms with van der Waals surface area (Å²) in [6.45, 7) is 22.9. The zero-order chi connectivity index (χ0) is 25.9. The highest BCUT2D eigenvalue weighted by Crippen LogP contribution is 2.14. The summed E-state index contributed by atoms with van der Waals surface area (Å²) in [7, 11) is 0. The highest BCUT2D eigenvalue weighted by atomic mass is 16.1. The van der Waals surface area contributed by atoms with Crippen molar-refractivity contribution in [2.75, 3.05) is 0 Å². The fourth-order valence-corrected chi connectivity index (χ4v) is 2.86. The molecule has 0 saturated carbocycles. The second-order valence-electron chi connectivity index (χ2n) is 8.60. The summed E-state index contributed by atoms with van der Waals surface area (Å²) in [5.74, 6) is 1.21. The van der Waals surface area contributed by atoms with Crippen molar-refractivity contribution in [1.29, 1.82) is 0 Å². The molecule has 0 radical (unpaired) electrons. The second-order valence-corrected chi connectivity index (χ2v) is 8.60. The summed E-state index contributed by atoms with van der Waals surface area (Å²) in [4.78, 5) is 9.81. The molecule has 0 saturated heterocycles. The van der Waals surface area contributed by atoms with Crippen LogP contribution >= 0.6 is 0 Å². The van der Waals surface area contributed by atoms with Crippen molar-refractivity contribution in [1.82, 2.24) is 0 Å². The molecule has 0 aromatic carbocycles. The topological polar surface area (TPSA) is 17.1 Å². The van der Waals surface area contributed by atoms with Gasteiger partial charge in [0.2, 0.25) is 0 Å². The molecule has 0 aliphatic carbocycles. The Bertz CT molecular complexity index is 253. The normalized spacial score (nSPS) is 9.79. The van der Waals surface area contributed by atoms with Gasteiger partial charge in [0, 0.05) is 6.42 Å². The van der Waals surface area contributed by atoms with Gasteiger partial charge in [-0.3, -0.25) is 0 Å². The molecular formula is C32H74O. The van der Waals surface area contributed by atoms with Gasteiger partial charge in [-0.1, -0.05) is 186 Å². The van der Waals surface area contributed by atoms with Gasteiger partial charge in [0.1, 0.15) is 5.78 Å². The number of Topliss-reactive ketones (excluding diaryl/α,β-unsaturated/α-hetero) is 1. The van der Waals surface area contributed by atoms with Crippen LogP contribution in [0.1, 0.15) is 199 Å². The third-order valence-electron chi connectivity index (χ3n) is 5.45. The second kappa shape index (κ2) is 53.2. The maximum absolute atomic E-state index is 9.81. The predicted octanol–water partition coefficient (Wildman–Crippen LogP) is 13.0. The Balaban J connectivity index is -0.0000000827. The maximum atomic E-state index is 9.81. The van der Waals surface area contributed by atoms with Crippen molar-refractivity contribution in [3.63, 3.8) is 0 Å². The van der Waals surface area contributed by atoms with Crippen LogP contribution in [0.15, 0.2) is 0 Å². The van der Waals surface area contributed by atoms with Crippen LogP contribution in [0, 0.1) is 5.92 Å². The Morgan fingerprint density at radius 1 is 0.545 bits per heavy atom. The van der Waals surface area contributed by atoms with E-state index in [0.717, 1.165) is 5.92 Å². The fourth-order valence-electron chi connectivity index (χ4n) is 2.86. The van der Waals surface area contributed by atoms with Crippen LogP contribution in [0.3, 0.4) is 0 Å². The number of rotatable bonds is 17. The first-order valence-electron chi connectivity index (χ1n) is 15.0. The minimum absolute atomic E-state index is 0. The Morgan fingerprint density at radius 2 is 0.788 bits per heavy atom. The van der Waals surface area contributed by atoms with E-state index in [1.807, 2.05) is 34.6 Å². The molecule has 1 atom stereocenters. The van der Waals surface area contributed by atoms with Crippen LogP contribution in [0.2, 0.25) is 0 Å². The molecule has 0 fully saturated rings. The smallest absolute Gasteiger partial charge is 0.129 e. The standard InChI is InChI=1S/C14H30.C9H20.C4H8O.2C2H6.CH4/c1-4-6-7-8-9-10-11-12-13-14(3)5-2;1-3-5-7-9-8-6-4-2;1-3-4(2)5;2*1-2;/h14H,4-13H2,1-3H3;3-9H2,1-2H3;3H2,1-2H3;2*1-2H3;1H4. The SMILES string of the molecule is C.CC.CC.CCC(C)=O.CCCCCCCCC.CCCCCCCCCCC(C)CC. The number of carbonyl (C=O) groups excluding carboxylic acids is 1. The van der Waals surface area contributed by atoms with Gasteiger partial charge in [-0.15, -0.1) is 0 Å². The molecule has 0 spiro atoms. The van der Waals surface area contributed by atoms with E-state index in [2.05, 4.69) is 34.6 Å². The molecule has 0 rings (SSSR count). The van der Waals surface area contributed by atoms with Gasteiger partial charge in [0.15, 0.2) is 0 Å². The highest BCUT2D eigenvalue weighted by Gasteiger charge is 1.97. The molecule has 0 aromatic heterocycles. The van der Waals surface area contributed by atoms with Crippen LogP contribution in [-0.4, -0.2) is 5.78 Å². The monoisotopic (exact) mass is 475 g/mol. The van der Waals surface area contributed by atoms with Crippen molar-refractivity contribution < 1.29 is 4.79 Å². The summed E-state index contributed by atoms with van der Waals surface area (Å²) in [5, 5.41) is 0. The van der Waals surface area contributed by atoms with Gasteiger partial charge in [-0.05, 0) is 12.8 Å². The number of hydrogen-bond acceptors (Lipinski definition) is 1. The predicted molar refractivity (Wildman–Crippen MR) is 161 cm³/mol. The summed E-state index contributed by atoms with van der Waals surface area (Å²) in [6.07, 6.45) is 25.1. The van der Waals surface area contributed by atoms with Crippen molar-refractivity contribution >= 4 is 5.78 Å². The Kier molecular flexibility index (Phi) is 74.2. The zero-order valence-electron chi connectivity index (χ0n) is 25.2. The molecular weight excluding hydrogens is 400 g/mol. The third-order valence-corrected chi connectivity index (χ3v) is 5.45. The van der Waals surface area contributed by atoms with E-state index in [-0.39, 0.29) is 13.2 Å². The molecule has 0 heterocycles. The number of carbonyl (C=O) groups is 1. The van der Waals surface area contributed by atoms with Gasteiger partial charge in [0.05, 0.1) is 0 Å². The van der Waals surface area contributed by atoms with Crippen LogP contribution < -0.4 is 0 Å². The summed E-state index contributed by atoms with van der Waals surface area (Å²) in [5.41, 5.74) is 0. The van der Waals surface area contributed by atoms with E-state index in [9.17, 15) is 4.79 Å². The first-order chi connectivity index (χ1) is 15.5. The Morgan fingerprint density at radius 3 is 1.00 bits per heavy atom. The van der Waals surface area contributed by atoms with Gasteiger partial charge in [-0.2, -0.15) is 0 Å². The lowest BCUT2D eigenvalue weighted by Crippen LogP contribution is -1.91. The molecule has 1 nitrogen and oxygen atoms in total. The third kappa shape index (κ3) is 72.1. The lowest BCUT2D eigenvalue weighted by Gasteiger charge is -2.07. The van der Waals surface area contributed by atoms with E-state index in [0.29, 0.717) is 6.42 Å². The van der Waals surface area contributed by atoms with E-state index in [1.165, 1.54) is 109 Å². The molecule has 0 bridgehead atoms. The lowest BCUT2D eigenvalue weighted by molar-refractivity contribution is -0.116. The van der Waals surface area contributed by atoms with E-state index in [1.54, 1.807) is 6.92 Å². The molecule has 0 aromatic rings. The largest absolute Gasteiger partial charge is 0.300 e. The molecule has 0 aliphatic rings. The van der Waals surface area contributed by atoms with Crippen LogP contribution in [0.4, 0.5) is 0 Å². The first-order valence-corrected chi connectivity index (χ1v) is 15.0. The molecule has 0 aliphatic heterocycles.